The Hall–Kier alpha value is -1.97. The maximum Gasteiger partial charge on any atom is 0.195 e. The molecule has 2 aromatic carbocycles. The summed E-state index contributed by atoms with van der Waals surface area (Å²) in [5.41, 5.74) is 0.902. The van der Waals surface area contributed by atoms with Gasteiger partial charge in [-0.1, -0.05) is 76.2 Å². The molecule has 0 heterocycles. The highest BCUT2D eigenvalue weighted by atomic mass is 16.3. The van der Waals surface area contributed by atoms with Crippen molar-refractivity contribution in [3.63, 3.8) is 0 Å². The van der Waals surface area contributed by atoms with Crippen LogP contribution in [0.2, 0.25) is 0 Å². The number of rotatable bonds is 8. The molecule has 0 bridgehead atoms. The second-order valence-corrected chi connectivity index (χ2v) is 9.02. The molecule has 28 heavy (non-hydrogen) atoms. The molecule has 0 fully saturated rings. The molecule has 0 radical (unpaired) electrons. The average Bonchev–Trinajstić information content (AvgIpc) is 2.61. The highest BCUT2D eigenvalue weighted by Gasteiger charge is 2.42. The van der Waals surface area contributed by atoms with Crippen molar-refractivity contribution in [3.05, 3.63) is 70.8 Å². The van der Waals surface area contributed by atoms with Crippen molar-refractivity contribution in [2.75, 3.05) is 0 Å². The molecule has 2 rings (SSSR count). The summed E-state index contributed by atoms with van der Waals surface area (Å²) in [5.74, 6) is 0.305. The molecule has 0 saturated carbocycles. The summed E-state index contributed by atoms with van der Waals surface area (Å²) in [6.07, 6.45) is 0.347. The molecular formula is C25H34O3. The Bertz CT molecular complexity index is 714. The molecule has 0 aliphatic carbocycles. The van der Waals surface area contributed by atoms with E-state index in [1.807, 2.05) is 48.5 Å². The van der Waals surface area contributed by atoms with Crippen LogP contribution in [0.1, 0.15) is 75.6 Å². The van der Waals surface area contributed by atoms with Crippen LogP contribution in [0.15, 0.2) is 48.5 Å². The monoisotopic (exact) mass is 382 g/mol. The van der Waals surface area contributed by atoms with Crippen molar-refractivity contribution in [1.82, 2.24) is 0 Å². The van der Waals surface area contributed by atoms with Gasteiger partial charge in [0.15, 0.2) is 5.78 Å². The normalized spacial score (nSPS) is 16.1. The minimum absolute atomic E-state index is 0.173. The van der Waals surface area contributed by atoms with Crippen molar-refractivity contribution in [1.29, 1.82) is 0 Å². The zero-order chi connectivity index (χ0) is 21.1. The van der Waals surface area contributed by atoms with Gasteiger partial charge in [0.25, 0.3) is 0 Å². The van der Waals surface area contributed by atoms with E-state index in [-0.39, 0.29) is 12.8 Å². The third-order valence-corrected chi connectivity index (χ3v) is 5.37. The van der Waals surface area contributed by atoms with E-state index in [2.05, 4.69) is 27.7 Å². The van der Waals surface area contributed by atoms with Crippen molar-refractivity contribution in [3.8, 4) is 0 Å². The summed E-state index contributed by atoms with van der Waals surface area (Å²) in [6, 6.07) is 15.9. The number of aliphatic hydroxyl groups is 2. The van der Waals surface area contributed by atoms with Crippen molar-refractivity contribution >= 4 is 5.78 Å². The first kappa shape index (κ1) is 22.3. The van der Waals surface area contributed by atoms with Crippen LogP contribution in [0.3, 0.4) is 0 Å². The second-order valence-electron chi connectivity index (χ2n) is 9.02. The third kappa shape index (κ3) is 5.52. The molecule has 0 aliphatic rings. The van der Waals surface area contributed by atoms with E-state index in [1.54, 1.807) is 0 Å². The van der Waals surface area contributed by atoms with Gasteiger partial charge in [-0.05, 0) is 47.9 Å². The number of carbonyl (C=O) groups excluding carboxylic acids is 1. The predicted molar refractivity (Wildman–Crippen MR) is 115 cm³/mol. The summed E-state index contributed by atoms with van der Waals surface area (Å²) in [6.45, 7) is 11.5. The number of hydrogen-bond acceptors (Lipinski definition) is 3. The Balaban J connectivity index is 2.11. The number of carbonyl (C=O) groups is 1. The van der Waals surface area contributed by atoms with Crippen LogP contribution < -0.4 is 0 Å². The first-order chi connectivity index (χ1) is 12.9. The smallest absolute Gasteiger partial charge is 0.195 e. The molecule has 2 N–H and O–H groups in total. The van der Waals surface area contributed by atoms with Crippen LogP contribution >= 0.6 is 0 Å². The molecule has 3 nitrogen and oxygen atoms in total. The number of ketones is 1. The molecule has 2 aromatic rings. The van der Waals surface area contributed by atoms with E-state index in [1.165, 1.54) is 25.0 Å². The lowest BCUT2D eigenvalue weighted by Crippen LogP contribution is -2.52. The topological polar surface area (TPSA) is 57.5 Å². The number of hydrogen-bond donors (Lipinski definition) is 2. The van der Waals surface area contributed by atoms with Gasteiger partial charge in [-0.15, -0.1) is 0 Å². The first-order valence-electron chi connectivity index (χ1n) is 10.1. The van der Waals surface area contributed by atoms with Gasteiger partial charge in [0.05, 0.1) is 0 Å². The van der Waals surface area contributed by atoms with E-state index in [0.29, 0.717) is 11.8 Å². The average molecular weight is 383 g/mol. The molecule has 152 valence electrons. The molecule has 2 unspecified atom stereocenters. The van der Waals surface area contributed by atoms with E-state index in [9.17, 15) is 15.0 Å². The fourth-order valence-electron chi connectivity index (χ4n) is 3.58. The van der Waals surface area contributed by atoms with Crippen LogP contribution in [0, 0.1) is 0 Å². The molecule has 2 atom stereocenters. The minimum Gasteiger partial charge on any atom is -0.382 e. The molecule has 0 amide bonds. The van der Waals surface area contributed by atoms with Crippen molar-refractivity contribution in [2.45, 2.75) is 77.4 Å². The van der Waals surface area contributed by atoms with E-state index in [4.69, 9.17) is 0 Å². The van der Waals surface area contributed by atoms with Crippen LogP contribution in [-0.2, 0) is 17.6 Å². The van der Waals surface area contributed by atoms with E-state index in [0.717, 1.165) is 11.1 Å². The standard InChI is InChI=1S/C25H34O3/c1-17(2)21-11-7-19(8-12-21)15-24(5,27)23(26)25(6,28)16-20-9-13-22(14-10-20)18(3)4/h7-14,17-18,27-28H,15-16H2,1-6H3. The van der Waals surface area contributed by atoms with Crippen LogP contribution in [0.5, 0.6) is 0 Å². The number of benzene rings is 2. The van der Waals surface area contributed by atoms with Gasteiger partial charge in [-0.25, -0.2) is 0 Å². The summed E-state index contributed by atoms with van der Waals surface area (Å²) in [5, 5.41) is 21.7. The molecular weight excluding hydrogens is 348 g/mol. The Morgan fingerprint density at radius 3 is 1.25 bits per heavy atom. The first-order valence-corrected chi connectivity index (χ1v) is 10.1. The quantitative estimate of drug-likeness (QED) is 0.690. The zero-order valence-electron chi connectivity index (χ0n) is 18.0. The van der Waals surface area contributed by atoms with E-state index >= 15 is 0 Å². The zero-order valence-corrected chi connectivity index (χ0v) is 18.0. The highest BCUT2D eigenvalue weighted by molar-refractivity contribution is 5.94. The van der Waals surface area contributed by atoms with Gasteiger partial charge in [-0.3, -0.25) is 4.79 Å². The predicted octanol–water partition coefficient (Wildman–Crippen LogP) is 4.79. The molecule has 0 saturated heterocycles. The SMILES string of the molecule is CC(C)c1ccc(CC(C)(O)C(=O)C(C)(O)Cc2ccc(C(C)C)cc2)cc1. The second kappa shape index (κ2) is 8.59. The van der Waals surface area contributed by atoms with Crippen LogP contribution in [0.4, 0.5) is 0 Å². The van der Waals surface area contributed by atoms with Gasteiger partial charge >= 0.3 is 0 Å². The Morgan fingerprint density at radius 1 is 0.714 bits per heavy atom. The van der Waals surface area contributed by atoms with Gasteiger partial charge in [0.1, 0.15) is 11.2 Å². The van der Waals surface area contributed by atoms with E-state index < -0.39 is 17.0 Å². The van der Waals surface area contributed by atoms with Gasteiger partial charge in [0, 0.05) is 12.8 Å². The maximum atomic E-state index is 12.9. The third-order valence-electron chi connectivity index (χ3n) is 5.37. The molecule has 0 aromatic heterocycles. The van der Waals surface area contributed by atoms with Gasteiger partial charge < -0.3 is 10.2 Å². The Kier molecular flexibility index (Phi) is 6.84. The lowest BCUT2D eigenvalue weighted by atomic mass is 9.80. The number of Topliss-reactive ketones (excluding diaryl/α,β-unsaturated/α-hetero) is 1. The summed E-state index contributed by atoms with van der Waals surface area (Å²) >= 11 is 0. The fraction of sp³-hybridized carbons (Fsp3) is 0.480. The van der Waals surface area contributed by atoms with Crippen molar-refractivity contribution in [2.24, 2.45) is 0 Å². The molecule has 0 aliphatic heterocycles. The summed E-state index contributed by atoms with van der Waals surface area (Å²) in [4.78, 5) is 12.9. The largest absolute Gasteiger partial charge is 0.382 e. The van der Waals surface area contributed by atoms with Gasteiger partial charge in [-0.2, -0.15) is 0 Å². The molecule has 3 heteroatoms. The van der Waals surface area contributed by atoms with Crippen molar-refractivity contribution < 1.29 is 15.0 Å². The Labute approximate surface area is 169 Å². The molecule has 0 spiro atoms. The fourth-order valence-corrected chi connectivity index (χ4v) is 3.58. The minimum atomic E-state index is -1.64. The lowest BCUT2D eigenvalue weighted by Gasteiger charge is -2.31. The summed E-state index contributed by atoms with van der Waals surface area (Å²) in [7, 11) is 0. The summed E-state index contributed by atoms with van der Waals surface area (Å²) < 4.78 is 0. The van der Waals surface area contributed by atoms with Crippen LogP contribution in [0.25, 0.3) is 0 Å². The van der Waals surface area contributed by atoms with Crippen LogP contribution in [-0.4, -0.2) is 27.2 Å². The highest BCUT2D eigenvalue weighted by Crippen LogP contribution is 2.26. The maximum absolute atomic E-state index is 12.9. The lowest BCUT2D eigenvalue weighted by molar-refractivity contribution is -0.153. The van der Waals surface area contributed by atoms with Gasteiger partial charge in [0.2, 0.25) is 0 Å². The Morgan fingerprint density at radius 2 is 1.00 bits per heavy atom.